The highest BCUT2D eigenvalue weighted by molar-refractivity contribution is 5.79. The first-order valence-corrected chi connectivity index (χ1v) is 7.20. The summed E-state index contributed by atoms with van der Waals surface area (Å²) in [6.07, 6.45) is 4.80. The Balaban J connectivity index is 1.88. The number of benzene rings is 1. The van der Waals surface area contributed by atoms with Gasteiger partial charge in [-0.05, 0) is 42.7 Å². The minimum absolute atomic E-state index is 0.230. The lowest BCUT2D eigenvalue weighted by Gasteiger charge is -2.39. The summed E-state index contributed by atoms with van der Waals surface area (Å²) in [5, 5.41) is 0. The monoisotopic (exact) mass is 258 g/mol. The fourth-order valence-corrected chi connectivity index (χ4v) is 4.15. The molecule has 19 heavy (non-hydrogen) atoms. The fraction of sp³-hybridized carbons (Fsp3) is 0.588. The molecule has 2 saturated carbocycles. The molecular formula is C17H22O2. The van der Waals surface area contributed by atoms with Gasteiger partial charge in [-0.3, -0.25) is 4.79 Å². The molecule has 2 fully saturated rings. The van der Waals surface area contributed by atoms with E-state index in [1.807, 2.05) is 24.3 Å². The van der Waals surface area contributed by atoms with Gasteiger partial charge in [0.15, 0.2) is 6.29 Å². The van der Waals surface area contributed by atoms with Crippen LogP contribution in [0.2, 0.25) is 0 Å². The van der Waals surface area contributed by atoms with Crippen LogP contribution in [0, 0.1) is 16.7 Å². The van der Waals surface area contributed by atoms with Gasteiger partial charge in [0.1, 0.15) is 11.9 Å². The molecule has 0 N–H and O–H groups in total. The maximum Gasteiger partial charge on any atom is 0.153 e. The summed E-state index contributed by atoms with van der Waals surface area (Å²) < 4.78 is 6.24. The third kappa shape index (κ3) is 1.65. The highest BCUT2D eigenvalue weighted by atomic mass is 16.5. The van der Waals surface area contributed by atoms with Crippen LogP contribution >= 0.6 is 0 Å². The lowest BCUT2D eigenvalue weighted by molar-refractivity contribution is 0.0298. The lowest BCUT2D eigenvalue weighted by Crippen LogP contribution is -2.39. The average Bonchev–Trinajstić information content (AvgIpc) is 2.72. The number of fused-ring (bicyclic) bond motifs is 2. The van der Waals surface area contributed by atoms with Crippen LogP contribution in [0.5, 0.6) is 5.75 Å². The van der Waals surface area contributed by atoms with Gasteiger partial charge in [0, 0.05) is 5.41 Å². The third-order valence-corrected chi connectivity index (χ3v) is 6.03. The number of carbonyl (C=O) groups is 1. The first-order chi connectivity index (χ1) is 8.99. The Kier molecular flexibility index (Phi) is 2.74. The minimum atomic E-state index is 0.230. The molecule has 1 aromatic rings. The van der Waals surface area contributed by atoms with Crippen molar-refractivity contribution in [1.29, 1.82) is 0 Å². The Bertz CT molecular complexity index is 506. The standard InChI is InChI=1S/C17H22O2/c1-16(2)13-8-9-17(16,3)15(10-13)19-14-7-5-4-6-12(14)11-18/h4-7,11,13,15H,8-10H2,1-3H3/t13-,15-,17+/m1/s1. The van der Waals surface area contributed by atoms with Crippen molar-refractivity contribution >= 4 is 6.29 Å². The van der Waals surface area contributed by atoms with E-state index in [9.17, 15) is 4.79 Å². The number of aldehydes is 1. The Labute approximate surface area is 115 Å². The summed E-state index contributed by atoms with van der Waals surface area (Å²) in [6, 6.07) is 7.54. The van der Waals surface area contributed by atoms with Crippen molar-refractivity contribution in [3.05, 3.63) is 29.8 Å². The summed E-state index contributed by atoms with van der Waals surface area (Å²) in [5.41, 5.74) is 1.23. The van der Waals surface area contributed by atoms with Crippen LogP contribution in [0.25, 0.3) is 0 Å². The van der Waals surface area contributed by atoms with Crippen molar-refractivity contribution in [2.45, 2.75) is 46.1 Å². The Morgan fingerprint density at radius 2 is 2.00 bits per heavy atom. The van der Waals surface area contributed by atoms with Crippen molar-refractivity contribution in [2.75, 3.05) is 0 Å². The second-order valence-electron chi connectivity index (χ2n) is 6.87. The molecule has 2 aliphatic rings. The SMILES string of the molecule is CC1(C)[C@@H]2CC[C@@]1(C)[C@H](Oc1ccccc1C=O)C2. The summed E-state index contributed by atoms with van der Waals surface area (Å²) in [4.78, 5) is 11.1. The van der Waals surface area contributed by atoms with Gasteiger partial charge in [-0.25, -0.2) is 0 Å². The summed E-state index contributed by atoms with van der Waals surface area (Å²) in [6.45, 7) is 7.10. The smallest absolute Gasteiger partial charge is 0.153 e. The maximum absolute atomic E-state index is 11.1. The van der Waals surface area contributed by atoms with E-state index in [2.05, 4.69) is 20.8 Å². The predicted octanol–water partition coefficient (Wildman–Crippen LogP) is 4.09. The van der Waals surface area contributed by atoms with E-state index in [0.717, 1.165) is 24.4 Å². The second kappa shape index (κ2) is 4.09. The maximum atomic E-state index is 11.1. The molecule has 0 amide bonds. The topological polar surface area (TPSA) is 26.3 Å². The largest absolute Gasteiger partial charge is 0.489 e. The molecule has 2 aliphatic carbocycles. The minimum Gasteiger partial charge on any atom is -0.489 e. The molecule has 0 spiro atoms. The van der Waals surface area contributed by atoms with Gasteiger partial charge in [-0.2, -0.15) is 0 Å². The van der Waals surface area contributed by atoms with Gasteiger partial charge < -0.3 is 4.74 Å². The predicted molar refractivity (Wildman–Crippen MR) is 75.5 cm³/mol. The molecular weight excluding hydrogens is 236 g/mol. The molecule has 1 aromatic carbocycles. The lowest BCUT2D eigenvalue weighted by atomic mass is 9.70. The number of ether oxygens (including phenoxy) is 1. The van der Waals surface area contributed by atoms with Crippen LogP contribution < -0.4 is 4.74 Å². The molecule has 2 nitrogen and oxygen atoms in total. The quantitative estimate of drug-likeness (QED) is 0.763. The normalized spacial score (nSPS) is 35.3. The Morgan fingerprint density at radius 1 is 1.26 bits per heavy atom. The zero-order valence-electron chi connectivity index (χ0n) is 12.0. The van der Waals surface area contributed by atoms with E-state index < -0.39 is 0 Å². The van der Waals surface area contributed by atoms with Gasteiger partial charge in [-0.15, -0.1) is 0 Å². The molecule has 3 rings (SSSR count). The molecule has 0 unspecified atom stereocenters. The molecule has 2 heteroatoms. The highest BCUT2D eigenvalue weighted by Crippen LogP contribution is 2.66. The average molecular weight is 258 g/mol. The summed E-state index contributed by atoms with van der Waals surface area (Å²) in [5.74, 6) is 1.50. The molecule has 0 saturated heterocycles. The molecule has 0 aromatic heterocycles. The van der Waals surface area contributed by atoms with Crippen LogP contribution in [0.15, 0.2) is 24.3 Å². The molecule has 3 atom stereocenters. The van der Waals surface area contributed by atoms with Crippen LogP contribution in [-0.2, 0) is 0 Å². The second-order valence-corrected chi connectivity index (χ2v) is 6.87. The molecule has 2 bridgehead atoms. The van der Waals surface area contributed by atoms with Gasteiger partial charge in [0.05, 0.1) is 5.56 Å². The van der Waals surface area contributed by atoms with E-state index in [0.29, 0.717) is 11.0 Å². The van der Waals surface area contributed by atoms with Crippen molar-refractivity contribution in [2.24, 2.45) is 16.7 Å². The van der Waals surface area contributed by atoms with Gasteiger partial charge >= 0.3 is 0 Å². The number of carbonyl (C=O) groups excluding carboxylic acids is 1. The van der Waals surface area contributed by atoms with Crippen molar-refractivity contribution in [1.82, 2.24) is 0 Å². The van der Waals surface area contributed by atoms with Crippen molar-refractivity contribution < 1.29 is 9.53 Å². The van der Waals surface area contributed by atoms with E-state index in [4.69, 9.17) is 4.74 Å². The molecule has 0 heterocycles. The Morgan fingerprint density at radius 3 is 2.58 bits per heavy atom. The molecule has 102 valence electrons. The fourth-order valence-electron chi connectivity index (χ4n) is 4.15. The van der Waals surface area contributed by atoms with Gasteiger partial charge in [0.25, 0.3) is 0 Å². The van der Waals surface area contributed by atoms with E-state index in [-0.39, 0.29) is 11.5 Å². The van der Waals surface area contributed by atoms with E-state index >= 15 is 0 Å². The van der Waals surface area contributed by atoms with Crippen LogP contribution in [0.4, 0.5) is 0 Å². The first kappa shape index (κ1) is 12.7. The Hall–Kier alpha value is -1.31. The van der Waals surface area contributed by atoms with Crippen molar-refractivity contribution in [3.63, 3.8) is 0 Å². The van der Waals surface area contributed by atoms with E-state index in [1.165, 1.54) is 12.8 Å². The number of hydrogen-bond donors (Lipinski definition) is 0. The summed E-state index contributed by atoms with van der Waals surface area (Å²) >= 11 is 0. The van der Waals surface area contributed by atoms with Gasteiger partial charge in [0.2, 0.25) is 0 Å². The number of rotatable bonds is 3. The highest BCUT2D eigenvalue weighted by Gasteiger charge is 2.62. The zero-order chi connectivity index (χ0) is 13.7. The summed E-state index contributed by atoms with van der Waals surface area (Å²) in [7, 11) is 0. The number of hydrogen-bond acceptors (Lipinski definition) is 2. The van der Waals surface area contributed by atoms with Crippen LogP contribution in [0.3, 0.4) is 0 Å². The van der Waals surface area contributed by atoms with E-state index in [1.54, 1.807) is 0 Å². The molecule has 0 radical (unpaired) electrons. The zero-order valence-corrected chi connectivity index (χ0v) is 12.0. The van der Waals surface area contributed by atoms with Crippen LogP contribution in [0.1, 0.15) is 50.4 Å². The van der Waals surface area contributed by atoms with Crippen LogP contribution in [-0.4, -0.2) is 12.4 Å². The first-order valence-electron chi connectivity index (χ1n) is 7.20. The molecule has 0 aliphatic heterocycles. The van der Waals surface area contributed by atoms with Gasteiger partial charge in [-0.1, -0.05) is 32.9 Å². The third-order valence-electron chi connectivity index (χ3n) is 6.03. The van der Waals surface area contributed by atoms with Crippen molar-refractivity contribution in [3.8, 4) is 5.75 Å². The number of para-hydroxylation sites is 1.